The van der Waals surface area contributed by atoms with E-state index >= 15 is 4.39 Å². The molecule has 3 aromatic carbocycles. The summed E-state index contributed by atoms with van der Waals surface area (Å²) in [5, 5.41) is 20.8. The van der Waals surface area contributed by atoms with Crippen LogP contribution in [-0.2, 0) is 24.1 Å². The minimum atomic E-state index is -4.99. The Kier molecular flexibility index (Phi) is 10.4. The Labute approximate surface area is 259 Å². The van der Waals surface area contributed by atoms with Crippen LogP contribution in [0, 0.1) is 18.6 Å². The molecule has 1 aromatic heterocycles. The van der Waals surface area contributed by atoms with E-state index in [-0.39, 0.29) is 36.4 Å². The van der Waals surface area contributed by atoms with Crippen LogP contribution in [0.4, 0.5) is 22.0 Å². The van der Waals surface area contributed by atoms with Crippen molar-refractivity contribution in [1.82, 2.24) is 14.2 Å². The predicted molar refractivity (Wildman–Crippen MR) is 157 cm³/mol. The first kappa shape index (κ1) is 34.1. The van der Waals surface area contributed by atoms with Crippen molar-refractivity contribution in [3.8, 4) is 16.9 Å². The molecule has 2 N–H and O–H groups in total. The molecule has 0 aliphatic rings. The molecule has 0 saturated heterocycles. The van der Waals surface area contributed by atoms with Gasteiger partial charge in [0.1, 0.15) is 5.82 Å². The third-order valence-electron chi connectivity index (χ3n) is 7.56. The molecule has 244 valence electrons. The molecule has 0 spiro atoms. The molecule has 0 fully saturated rings. The lowest BCUT2D eigenvalue weighted by atomic mass is 10.0. The van der Waals surface area contributed by atoms with Gasteiger partial charge in [-0.2, -0.15) is 18.2 Å². The summed E-state index contributed by atoms with van der Waals surface area (Å²) in [5.74, 6) is -3.61. The van der Waals surface area contributed by atoms with Gasteiger partial charge >= 0.3 is 17.8 Å². The maximum absolute atomic E-state index is 15.6. The molecule has 9 nitrogen and oxygen atoms in total. The number of hydrogen-bond acceptors (Lipinski definition) is 6. The van der Waals surface area contributed by atoms with Crippen LogP contribution in [0.15, 0.2) is 76.3 Å². The van der Waals surface area contributed by atoms with Crippen LogP contribution in [0.3, 0.4) is 0 Å². The standard InChI is InChI=1S/C32H30F5N3O6/c1-19-28(21-11-6-14-26(46-2)29(21)34)30(43)39(18-25(20-9-4-3-5-10-20)40(45)16-8-15-27(41)42)31(44)38(19)17-22-23(32(35,36)37)12-7-13-24(22)33/h3-7,9-14,25,45H,8,15-18H2,1-2H3,(H,41,42). The highest BCUT2D eigenvalue weighted by Crippen LogP contribution is 2.34. The first-order valence-electron chi connectivity index (χ1n) is 14.0. The molecule has 0 radical (unpaired) electrons. The molecule has 1 heterocycles. The van der Waals surface area contributed by atoms with Crippen molar-refractivity contribution >= 4 is 5.97 Å². The largest absolute Gasteiger partial charge is 0.494 e. The molecular weight excluding hydrogens is 617 g/mol. The number of carboxylic acid groups (broad SMARTS) is 1. The van der Waals surface area contributed by atoms with E-state index in [9.17, 15) is 37.2 Å². The van der Waals surface area contributed by atoms with Gasteiger partial charge in [0.05, 0.1) is 37.4 Å². The van der Waals surface area contributed by atoms with Crippen LogP contribution in [0.2, 0.25) is 0 Å². The molecule has 1 unspecified atom stereocenters. The minimum absolute atomic E-state index is 0.00400. The third-order valence-corrected chi connectivity index (χ3v) is 7.56. The van der Waals surface area contributed by atoms with E-state index in [2.05, 4.69) is 0 Å². The monoisotopic (exact) mass is 647 g/mol. The highest BCUT2D eigenvalue weighted by atomic mass is 19.4. The van der Waals surface area contributed by atoms with Gasteiger partial charge in [-0.05, 0) is 37.1 Å². The van der Waals surface area contributed by atoms with E-state index in [1.54, 1.807) is 30.3 Å². The number of rotatable bonds is 12. The van der Waals surface area contributed by atoms with E-state index in [1.165, 1.54) is 32.2 Å². The summed E-state index contributed by atoms with van der Waals surface area (Å²) in [6.45, 7) is -0.521. The first-order chi connectivity index (χ1) is 21.8. The number of aliphatic carboxylic acids is 1. The van der Waals surface area contributed by atoms with Gasteiger partial charge in [0.15, 0.2) is 11.6 Å². The number of alkyl halides is 3. The zero-order chi connectivity index (χ0) is 33.8. The number of methoxy groups -OCH3 is 1. The molecule has 4 rings (SSSR count). The molecule has 14 heteroatoms. The van der Waals surface area contributed by atoms with Gasteiger partial charge in [-0.25, -0.2) is 13.6 Å². The zero-order valence-electron chi connectivity index (χ0n) is 24.7. The Balaban J connectivity index is 1.98. The first-order valence-corrected chi connectivity index (χ1v) is 14.0. The Hall–Kier alpha value is -4.82. The number of halogens is 5. The number of carbonyl (C=O) groups is 1. The van der Waals surface area contributed by atoms with Crippen molar-refractivity contribution in [2.24, 2.45) is 0 Å². The van der Waals surface area contributed by atoms with E-state index < -0.39 is 70.9 Å². The van der Waals surface area contributed by atoms with Crippen LogP contribution in [0.25, 0.3) is 11.1 Å². The van der Waals surface area contributed by atoms with Crippen molar-refractivity contribution in [2.75, 3.05) is 13.7 Å². The molecule has 1 atom stereocenters. The molecule has 4 aromatic rings. The normalized spacial score (nSPS) is 12.4. The summed E-state index contributed by atoms with van der Waals surface area (Å²) in [5.41, 5.74) is -4.96. The number of hydroxylamine groups is 2. The maximum Gasteiger partial charge on any atom is 0.416 e. The number of carboxylic acids is 1. The summed E-state index contributed by atoms with van der Waals surface area (Å²) in [7, 11) is 1.19. The molecule has 0 amide bonds. The smallest absolute Gasteiger partial charge is 0.416 e. The van der Waals surface area contributed by atoms with Crippen molar-refractivity contribution < 1.29 is 41.8 Å². The lowest BCUT2D eigenvalue weighted by Crippen LogP contribution is -2.45. The van der Waals surface area contributed by atoms with Gasteiger partial charge in [0.25, 0.3) is 5.56 Å². The van der Waals surface area contributed by atoms with Crippen LogP contribution >= 0.6 is 0 Å². The number of ether oxygens (including phenoxy) is 1. The van der Waals surface area contributed by atoms with E-state index in [4.69, 9.17) is 9.84 Å². The number of benzene rings is 3. The lowest BCUT2D eigenvalue weighted by molar-refractivity contribution is -0.143. The second kappa shape index (κ2) is 14.1. The molecular formula is C32H30F5N3O6. The highest BCUT2D eigenvalue weighted by molar-refractivity contribution is 5.68. The number of hydrogen-bond donors (Lipinski definition) is 2. The molecule has 0 saturated carbocycles. The van der Waals surface area contributed by atoms with E-state index in [1.807, 2.05) is 0 Å². The highest BCUT2D eigenvalue weighted by Gasteiger charge is 2.35. The predicted octanol–water partition coefficient (Wildman–Crippen LogP) is 5.64. The zero-order valence-corrected chi connectivity index (χ0v) is 24.7. The summed E-state index contributed by atoms with van der Waals surface area (Å²) in [6.07, 6.45) is -5.29. The average molecular weight is 648 g/mol. The van der Waals surface area contributed by atoms with Gasteiger partial charge in [0.2, 0.25) is 0 Å². The Morgan fingerprint density at radius 1 is 0.978 bits per heavy atom. The SMILES string of the molecule is COc1cccc(-c2c(C)n(Cc3c(F)cccc3C(F)(F)F)c(=O)n(CC(c3ccccc3)N(O)CCCC(=O)O)c2=O)c1F. The van der Waals surface area contributed by atoms with Crippen molar-refractivity contribution in [3.63, 3.8) is 0 Å². The fraction of sp³-hybridized carbons (Fsp3) is 0.281. The third kappa shape index (κ3) is 7.18. The molecule has 46 heavy (non-hydrogen) atoms. The van der Waals surface area contributed by atoms with Crippen LogP contribution in [-0.4, -0.2) is 44.1 Å². The van der Waals surface area contributed by atoms with Gasteiger partial charge < -0.3 is 15.1 Å². The van der Waals surface area contributed by atoms with Crippen molar-refractivity contribution in [3.05, 3.63) is 122 Å². The fourth-order valence-corrected chi connectivity index (χ4v) is 5.23. The summed E-state index contributed by atoms with van der Waals surface area (Å²) < 4.78 is 78.7. The Morgan fingerprint density at radius 2 is 1.65 bits per heavy atom. The Morgan fingerprint density at radius 3 is 2.28 bits per heavy atom. The average Bonchev–Trinajstić information content (AvgIpc) is 3.00. The molecule has 0 bridgehead atoms. The topological polar surface area (TPSA) is 114 Å². The van der Waals surface area contributed by atoms with E-state index in [0.29, 0.717) is 16.2 Å². The number of aromatic nitrogens is 2. The summed E-state index contributed by atoms with van der Waals surface area (Å²) >= 11 is 0. The summed E-state index contributed by atoms with van der Waals surface area (Å²) in [6, 6.07) is 13.2. The van der Waals surface area contributed by atoms with Gasteiger partial charge in [-0.15, -0.1) is 0 Å². The summed E-state index contributed by atoms with van der Waals surface area (Å²) in [4.78, 5) is 39.1. The van der Waals surface area contributed by atoms with Crippen LogP contribution in [0.1, 0.15) is 41.3 Å². The lowest BCUT2D eigenvalue weighted by Gasteiger charge is -2.28. The van der Waals surface area contributed by atoms with Gasteiger partial charge in [0, 0.05) is 29.8 Å². The second-order valence-corrected chi connectivity index (χ2v) is 10.4. The second-order valence-electron chi connectivity index (χ2n) is 10.4. The quantitative estimate of drug-likeness (QED) is 0.151. The molecule has 0 aliphatic heterocycles. The van der Waals surface area contributed by atoms with Gasteiger partial charge in [-0.1, -0.05) is 48.5 Å². The van der Waals surface area contributed by atoms with Gasteiger partial charge in [-0.3, -0.25) is 18.7 Å². The fourth-order valence-electron chi connectivity index (χ4n) is 5.23. The Bertz CT molecular complexity index is 1840. The minimum Gasteiger partial charge on any atom is -0.494 e. The number of nitrogens with zero attached hydrogens (tertiary/aromatic N) is 3. The van der Waals surface area contributed by atoms with E-state index in [0.717, 1.165) is 21.8 Å². The molecule has 0 aliphatic carbocycles. The van der Waals surface area contributed by atoms with Crippen LogP contribution < -0.4 is 16.0 Å². The van der Waals surface area contributed by atoms with Crippen LogP contribution in [0.5, 0.6) is 5.75 Å². The maximum atomic E-state index is 15.6. The van der Waals surface area contributed by atoms with Crippen molar-refractivity contribution in [1.29, 1.82) is 0 Å². The van der Waals surface area contributed by atoms with Crippen molar-refractivity contribution in [2.45, 2.75) is 45.1 Å².